The molecule has 2 aromatic carbocycles. The Kier molecular flexibility index (Phi) is 1.99. The van der Waals surface area contributed by atoms with Gasteiger partial charge in [0.25, 0.3) is 0 Å². The summed E-state index contributed by atoms with van der Waals surface area (Å²) in [7, 11) is 0. The van der Waals surface area contributed by atoms with Crippen molar-refractivity contribution < 1.29 is 9.90 Å². The number of benzene rings is 2. The van der Waals surface area contributed by atoms with Crippen LogP contribution < -0.4 is 0 Å². The fourth-order valence-corrected chi connectivity index (χ4v) is 3.20. The number of carboxylic acids is 1. The molecule has 2 aliphatic rings. The molecule has 0 radical (unpaired) electrons. The second kappa shape index (κ2) is 3.58. The average molecular weight is 248 g/mol. The van der Waals surface area contributed by atoms with Crippen molar-refractivity contribution in [2.75, 3.05) is 0 Å². The van der Waals surface area contributed by atoms with Crippen molar-refractivity contribution in [2.24, 2.45) is 0 Å². The van der Waals surface area contributed by atoms with Gasteiger partial charge < -0.3 is 5.11 Å². The Morgan fingerprint density at radius 2 is 1.89 bits per heavy atom. The molecule has 2 aromatic rings. The standard InChI is InChI=1S/C17H12O2/c18-17(19)14-9-7-12-5-4-10-2-1-3-11-6-8-13(14)16(12)15(10)11/h1-2,4,6-9H,3,5H2,(H,18,19). The Hall–Kier alpha value is -2.35. The summed E-state index contributed by atoms with van der Waals surface area (Å²) in [6.07, 6.45) is 8.37. The van der Waals surface area contributed by atoms with Crippen LogP contribution in [0.1, 0.15) is 27.0 Å². The van der Waals surface area contributed by atoms with Crippen molar-refractivity contribution in [1.29, 1.82) is 0 Å². The number of allylic oxidation sites excluding steroid dienone is 4. The molecule has 4 rings (SSSR count). The van der Waals surface area contributed by atoms with Crippen LogP contribution in [-0.2, 0) is 12.8 Å². The molecule has 92 valence electrons. The minimum absolute atomic E-state index is 0.400. The predicted octanol–water partition coefficient (Wildman–Crippen LogP) is 3.59. The van der Waals surface area contributed by atoms with E-state index in [9.17, 15) is 9.90 Å². The smallest absolute Gasteiger partial charge is 0.336 e. The molecule has 0 atom stereocenters. The highest BCUT2D eigenvalue weighted by molar-refractivity contribution is 6.10. The fourth-order valence-electron chi connectivity index (χ4n) is 3.20. The first-order valence-electron chi connectivity index (χ1n) is 6.43. The van der Waals surface area contributed by atoms with Crippen LogP contribution >= 0.6 is 0 Å². The average Bonchev–Trinajstić information content (AvgIpc) is 2.44. The quantitative estimate of drug-likeness (QED) is 0.837. The van der Waals surface area contributed by atoms with E-state index in [0.29, 0.717) is 5.56 Å². The van der Waals surface area contributed by atoms with Gasteiger partial charge in [-0.05, 0) is 51.9 Å². The summed E-state index contributed by atoms with van der Waals surface area (Å²) in [6.45, 7) is 0. The van der Waals surface area contributed by atoms with E-state index in [4.69, 9.17) is 0 Å². The zero-order valence-electron chi connectivity index (χ0n) is 10.3. The highest BCUT2D eigenvalue weighted by Crippen LogP contribution is 2.39. The first-order chi connectivity index (χ1) is 9.25. The van der Waals surface area contributed by atoms with Crippen molar-refractivity contribution in [3.63, 3.8) is 0 Å². The van der Waals surface area contributed by atoms with Crippen molar-refractivity contribution >= 4 is 22.3 Å². The molecule has 0 amide bonds. The third-order valence-electron chi connectivity index (χ3n) is 4.05. The Labute approximate surface area is 110 Å². The molecule has 0 aromatic heterocycles. The minimum atomic E-state index is -0.853. The maximum Gasteiger partial charge on any atom is 0.336 e. The summed E-state index contributed by atoms with van der Waals surface area (Å²) in [4.78, 5) is 11.4. The van der Waals surface area contributed by atoms with Crippen molar-refractivity contribution in [3.8, 4) is 0 Å². The minimum Gasteiger partial charge on any atom is -0.478 e. The Bertz CT molecular complexity index is 795. The summed E-state index contributed by atoms with van der Waals surface area (Å²) in [5.74, 6) is -0.853. The highest BCUT2D eigenvalue weighted by atomic mass is 16.4. The second-order valence-electron chi connectivity index (χ2n) is 5.07. The van der Waals surface area contributed by atoms with Gasteiger partial charge in [-0.2, -0.15) is 0 Å². The van der Waals surface area contributed by atoms with Crippen LogP contribution in [0.15, 0.2) is 42.5 Å². The SMILES string of the molecule is O=C(O)c1ccc2c3c4c(ccc13)CC=CC4=CC2. The molecule has 0 saturated carbocycles. The molecule has 2 aliphatic carbocycles. The normalized spacial score (nSPS) is 15.5. The lowest BCUT2D eigenvalue weighted by molar-refractivity contribution is 0.0699. The summed E-state index contributed by atoms with van der Waals surface area (Å²) in [6, 6.07) is 7.71. The Balaban J connectivity index is 2.20. The summed E-state index contributed by atoms with van der Waals surface area (Å²) in [5, 5.41) is 11.3. The first kappa shape index (κ1) is 10.6. The number of rotatable bonds is 1. The van der Waals surface area contributed by atoms with E-state index in [1.807, 2.05) is 12.1 Å². The molecule has 0 fully saturated rings. The number of hydrogen-bond acceptors (Lipinski definition) is 1. The molecule has 0 unspecified atom stereocenters. The van der Waals surface area contributed by atoms with E-state index >= 15 is 0 Å². The topological polar surface area (TPSA) is 37.3 Å². The fraction of sp³-hybridized carbons (Fsp3) is 0.118. The van der Waals surface area contributed by atoms with Gasteiger partial charge in [0.05, 0.1) is 5.56 Å². The van der Waals surface area contributed by atoms with Gasteiger partial charge in [0.15, 0.2) is 0 Å². The van der Waals surface area contributed by atoms with Crippen LogP contribution in [0.4, 0.5) is 0 Å². The van der Waals surface area contributed by atoms with Crippen molar-refractivity contribution in [3.05, 3.63) is 64.7 Å². The van der Waals surface area contributed by atoms with Gasteiger partial charge >= 0.3 is 5.97 Å². The van der Waals surface area contributed by atoms with Crippen molar-refractivity contribution in [2.45, 2.75) is 12.8 Å². The van der Waals surface area contributed by atoms with Gasteiger partial charge in [-0.15, -0.1) is 0 Å². The highest BCUT2D eigenvalue weighted by Gasteiger charge is 2.21. The van der Waals surface area contributed by atoms with Gasteiger partial charge in [-0.25, -0.2) is 4.79 Å². The molecule has 0 spiro atoms. The molecule has 0 aliphatic heterocycles. The molecule has 1 N–H and O–H groups in total. The molecular weight excluding hydrogens is 236 g/mol. The van der Waals surface area contributed by atoms with Gasteiger partial charge in [-0.1, -0.05) is 36.4 Å². The molecule has 0 heterocycles. The maximum atomic E-state index is 11.4. The Morgan fingerprint density at radius 3 is 2.74 bits per heavy atom. The molecule has 19 heavy (non-hydrogen) atoms. The van der Waals surface area contributed by atoms with Crippen LogP contribution in [0, 0.1) is 0 Å². The van der Waals surface area contributed by atoms with Gasteiger partial charge in [0.2, 0.25) is 0 Å². The van der Waals surface area contributed by atoms with Crippen LogP contribution in [-0.4, -0.2) is 11.1 Å². The van der Waals surface area contributed by atoms with E-state index in [1.165, 1.54) is 22.3 Å². The molecular formula is C17H12O2. The largest absolute Gasteiger partial charge is 0.478 e. The van der Waals surface area contributed by atoms with Crippen LogP contribution in [0.3, 0.4) is 0 Å². The van der Waals surface area contributed by atoms with E-state index < -0.39 is 5.97 Å². The lowest BCUT2D eigenvalue weighted by atomic mass is 9.81. The van der Waals surface area contributed by atoms with Crippen LogP contribution in [0.5, 0.6) is 0 Å². The third kappa shape index (κ3) is 1.34. The van der Waals surface area contributed by atoms with Gasteiger partial charge in [0.1, 0.15) is 0 Å². The monoisotopic (exact) mass is 248 g/mol. The first-order valence-corrected chi connectivity index (χ1v) is 6.43. The van der Waals surface area contributed by atoms with Gasteiger partial charge in [-0.3, -0.25) is 0 Å². The number of aromatic carboxylic acids is 1. The predicted molar refractivity (Wildman–Crippen MR) is 75.4 cm³/mol. The third-order valence-corrected chi connectivity index (χ3v) is 4.05. The summed E-state index contributed by atoms with van der Waals surface area (Å²) < 4.78 is 0. The molecule has 2 nitrogen and oxygen atoms in total. The number of carboxylic acid groups (broad SMARTS) is 1. The molecule has 0 saturated heterocycles. The zero-order chi connectivity index (χ0) is 13.0. The van der Waals surface area contributed by atoms with Gasteiger partial charge in [0, 0.05) is 0 Å². The zero-order valence-corrected chi connectivity index (χ0v) is 10.3. The lowest BCUT2D eigenvalue weighted by Gasteiger charge is -2.23. The van der Waals surface area contributed by atoms with Crippen LogP contribution in [0.2, 0.25) is 0 Å². The van der Waals surface area contributed by atoms with E-state index in [2.05, 4.69) is 24.3 Å². The Morgan fingerprint density at radius 1 is 1.05 bits per heavy atom. The van der Waals surface area contributed by atoms with E-state index in [0.717, 1.165) is 23.6 Å². The lowest BCUT2D eigenvalue weighted by Crippen LogP contribution is -2.07. The number of carbonyl (C=O) groups is 1. The number of hydrogen-bond donors (Lipinski definition) is 1. The van der Waals surface area contributed by atoms with Crippen LogP contribution in [0.25, 0.3) is 16.3 Å². The molecule has 0 bridgehead atoms. The maximum absolute atomic E-state index is 11.4. The summed E-state index contributed by atoms with van der Waals surface area (Å²) in [5.41, 5.74) is 5.41. The summed E-state index contributed by atoms with van der Waals surface area (Å²) >= 11 is 0. The molecule has 2 heteroatoms. The van der Waals surface area contributed by atoms with E-state index in [1.54, 1.807) is 6.07 Å². The van der Waals surface area contributed by atoms with Crippen molar-refractivity contribution in [1.82, 2.24) is 0 Å². The van der Waals surface area contributed by atoms with E-state index in [-0.39, 0.29) is 0 Å². The second-order valence-corrected chi connectivity index (χ2v) is 5.07.